The summed E-state index contributed by atoms with van der Waals surface area (Å²) in [4.78, 5) is 16.1. The monoisotopic (exact) mass is 283 g/mol. The van der Waals surface area contributed by atoms with Crippen molar-refractivity contribution in [3.63, 3.8) is 0 Å². The topological polar surface area (TPSA) is 80.1 Å². The van der Waals surface area contributed by atoms with E-state index in [1.54, 1.807) is 6.07 Å². The lowest BCUT2D eigenvalue weighted by atomic mass is 10.0. The van der Waals surface area contributed by atoms with Crippen molar-refractivity contribution >= 4 is 5.69 Å². The first-order chi connectivity index (χ1) is 10.0. The molecule has 5 nitrogen and oxygen atoms in total. The van der Waals surface area contributed by atoms with Crippen molar-refractivity contribution in [2.45, 2.75) is 12.5 Å². The van der Waals surface area contributed by atoms with Crippen LogP contribution in [0.4, 0.5) is 5.69 Å². The molecular weight excluding hydrogens is 266 g/mol. The van der Waals surface area contributed by atoms with Crippen molar-refractivity contribution < 1.29 is 5.11 Å². The van der Waals surface area contributed by atoms with E-state index in [2.05, 4.69) is 4.98 Å². The number of rotatable bonds is 4. The average molecular weight is 283 g/mol. The fourth-order valence-electron chi connectivity index (χ4n) is 2.04. The zero-order valence-corrected chi connectivity index (χ0v) is 12.0. The van der Waals surface area contributed by atoms with Crippen molar-refractivity contribution in [2.75, 3.05) is 19.0 Å². The van der Waals surface area contributed by atoms with Gasteiger partial charge in [-0.05, 0) is 29.8 Å². The Hall–Kier alpha value is -2.58. The number of aliphatic hydroxyl groups excluding tert-OH is 1. The number of aromatic nitrogens is 1. The summed E-state index contributed by atoms with van der Waals surface area (Å²) in [5.74, 6) is 0. The van der Waals surface area contributed by atoms with Crippen LogP contribution in [-0.2, 0) is 6.42 Å². The Balaban J connectivity index is 2.14. The minimum atomic E-state index is -0.704. The van der Waals surface area contributed by atoms with E-state index in [4.69, 9.17) is 5.26 Å². The third kappa shape index (κ3) is 3.50. The number of hydrogen-bond donors (Lipinski definition) is 2. The molecule has 2 N–H and O–H groups in total. The van der Waals surface area contributed by atoms with Crippen LogP contribution in [0.25, 0.3) is 0 Å². The number of nitriles is 1. The molecule has 1 aromatic heterocycles. The molecule has 0 fully saturated rings. The maximum absolute atomic E-state index is 11.5. The summed E-state index contributed by atoms with van der Waals surface area (Å²) in [6, 6.07) is 12.5. The van der Waals surface area contributed by atoms with E-state index in [1.165, 1.54) is 6.07 Å². The highest BCUT2D eigenvalue weighted by molar-refractivity contribution is 5.46. The summed E-state index contributed by atoms with van der Waals surface area (Å²) in [7, 11) is 3.90. The zero-order chi connectivity index (χ0) is 15.4. The van der Waals surface area contributed by atoms with Crippen LogP contribution in [0.1, 0.15) is 22.9 Å². The molecule has 0 radical (unpaired) electrons. The van der Waals surface area contributed by atoms with Gasteiger partial charge < -0.3 is 15.0 Å². The minimum absolute atomic E-state index is 0.0728. The van der Waals surface area contributed by atoms with Gasteiger partial charge in [0.05, 0.1) is 6.10 Å². The fourth-order valence-corrected chi connectivity index (χ4v) is 2.04. The Kier molecular flexibility index (Phi) is 4.41. The van der Waals surface area contributed by atoms with Crippen LogP contribution in [0.5, 0.6) is 0 Å². The molecule has 0 saturated heterocycles. The number of aromatic amines is 1. The van der Waals surface area contributed by atoms with E-state index in [1.807, 2.05) is 49.3 Å². The van der Waals surface area contributed by atoms with Gasteiger partial charge in [-0.2, -0.15) is 5.26 Å². The third-order valence-corrected chi connectivity index (χ3v) is 3.30. The standard InChI is InChI=1S/C16H17N3O2/c1-19(2)14-7-4-11(5-8-14)15(20)9-13-6-3-12(10-17)16(21)18-13/h3-8,15,20H,9H2,1-2H3,(H,18,21). The lowest BCUT2D eigenvalue weighted by molar-refractivity contribution is 0.177. The highest BCUT2D eigenvalue weighted by Crippen LogP contribution is 2.20. The van der Waals surface area contributed by atoms with E-state index < -0.39 is 11.7 Å². The molecule has 1 aromatic carbocycles. The average Bonchev–Trinajstić information content (AvgIpc) is 2.47. The minimum Gasteiger partial charge on any atom is -0.388 e. The van der Waals surface area contributed by atoms with Crippen LogP contribution in [-0.4, -0.2) is 24.2 Å². The maximum atomic E-state index is 11.5. The number of benzene rings is 1. The molecule has 2 rings (SSSR count). The van der Waals surface area contributed by atoms with Crippen molar-refractivity contribution in [2.24, 2.45) is 0 Å². The summed E-state index contributed by atoms with van der Waals surface area (Å²) in [5, 5.41) is 18.9. The van der Waals surface area contributed by atoms with E-state index in [9.17, 15) is 9.90 Å². The number of H-pyrrole nitrogens is 1. The van der Waals surface area contributed by atoms with Gasteiger partial charge in [0, 0.05) is 31.9 Å². The first kappa shape index (κ1) is 14.8. The Morgan fingerprint density at radius 1 is 1.24 bits per heavy atom. The van der Waals surface area contributed by atoms with E-state index in [0.717, 1.165) is 11.3 Å². The summed E-state index contributed by atoms with van der Waals surface area (Å²) >= 11 is 0. The second kappa shape index (κ2) is 6.25. The van der Waals surface area contributed by atoms with Crippen molar-refractivity contribution in [3.8, 4) is 6.07 Å². The van der Waals surface area contributed by atoms with Crippen LogP contribution in [0.3, 0.4) is 0 Å². The molecule has 108 valence electrons. The summed E-state index contributed by atoms with van der Waals surface area (Å²) in [5.41, 5.74) is 2.08. The van der Waals surface area contributed by atoms with Gasteiger partial charge in [0.25, 0.3) is 5.56 Å². The molecule has 0 bridgehead atoms. The normalized spacial score (nSPS) is 11.7. The van der Waals surface area contributed by atoms with Crippen LogP contribution in [0, 0.1) is 11.3 Å². The number of nitrogens with one attached hydrogen (secondary N) is 1. The highest BCUT2D eigenvalue weighted by atomic mass is 16.3. The molecule has 21 heavy (non-hydrogen) atoms. The molecule has 0 aliphatic rings. The van der Waals surface area contributed by atoms with Crippen LogP contribution >= 0.6 is 0 Å². The van der Waals surface area contributed by atoms with Gasteiger partial charge >= 0.3 is 0 Å². The smallest absolute Gasteiger partial charge is 0.266 e. The van der Waals surface area contributed by atoms with Gasteiger partial charge in [-0.3, -0.25) is 4.79 Å². The van der Waals surface area contributed by atoms with E-state index in [0.29, 0.717) is 12.1 Å². The first-order valence-corrected chi connectivity index (χ1v) is 6.59. The van der Waals surface area contributed by atoms with E-state index in [-0.39, 0.29) is 5.56 Å². The third-order valence-electron chi connectivity index (χ3n) is 3.30. The first-order valence-electron chi connectivity index (χ1n) is 6.59. The van der Waals surface area contributed by atoms with Crippen molar-refractivity contribution in [3.05, 3.63) is 63.6 Å². The molecule has 0 aliphatic heterocycles. The SMILES string of the molecule is CN(C)c1ccc(C(O)Cc2ccc(C#N)c(=O)[nH]2)cc1. The molecule has 0 spiro atoms. The number of nitrogens with zero attached hydrogens (tertiary/aromatic N) is 2. The van der Waals surface area contributed by atoms with Crippen molar-refractivity contribution in [1.82, 2.24) is 4.98 Å². The molecular formula is C16H17N3O2. The van der Waals surface area contributed by atoms with Gasteiger partial charge in [0.2, 0.25) is 0 Å². The predicted octanol–water partition coefficient (Wildman–Crippen LogP) is 1.59. The lowest BCUT2D eigenvalue weighted by Crippen LogP contribution is -2.14. The number of aliphatic hydroxyl groups is 1. The van der Waals surface area contributed by atoms with E-state index >= 15 is 0 Å². The fraction of sp³-hybridized carbons (Fsp3) is 0.250. The lowest BCUT2D eigenvalue weighted by Gasteiger charge is -2.15. The second-order valence-electron chi connectivity index (χ2n) is 5.04. The molecule has 0 saturated carbocycles. The second-order valence-corrected chi connectivity index (χ2v) is 5.04. The van der Waals surface area contributed by atoms with Crippen LogP contribution < -0.4 is 10.5 Å². The molecule has 5 heteroatoms. The largest absolute Gasteiger partial charge is 0.388 e. The predicted molar refractivity (Wildman–Crippen MR) is 81.2 cm³/mol. The Morgan fingerprint density at radius 3 is 2.43 bits per heavy atom. The summed E-state index contributed by atoms with van der Waals surface area (Å²) in [6.45, 7) is 0. The van der Waals surface area contributed by atoms with Gasteiger partial charge in [-0.1, -0.05) is 12.1 Å². The summed E-state index contributed by atoms with van der Waals surface area (Å²) in [6.07, 6.45) is -0.410. The molecule has 1 atom stereocenters. The van der Waals surface area contributed by atoms with Crippen LogP contribution in [0.2, 0.25) is 0 Å². The maximum Gasteiger partial charge on any atom is 0.266 e. The highest BCUT2D eigenvalue weighted by Gasteiger charge is 2.10. The zero-order valence-electron chi connectivity index (χ0n) is 12.0. The Bertz CT molecular complexity index is 712. The number of anilines is 1. The number of hydrogen-bond acceptors (Lipinski definition) is 4. The Morgan fingerprint density at radius 2 is 1.90 bits per heavy atom. The summed E-state index contributed by atoms with van der Waals surface area (Å²) < 4.78 is 0. The number of pyridine rings is 1. The molecule has 0 amide bonds. The quantitative estimate of drug-likeness (QED) is 0.893. The van der Waals surface area contributed by atoms with Crippen molar-refractivity contribution in [1.29, 1.82) is 5.26 Å². The molecule has 1 unspecified atom stereocenters. The van der Waals surface area contributed by atoms with Crippen LogP contribution in [0.15, 0.2) is 41.2 Å². The van der Waals surface area contributed by atoms with Gasteiger partial charge in [0.1, 0.15) is 11.6 Å². The van der Waals surface area contributed by atoms with Gasteiger partial charge in [-0.25, -0.2) is 0 Å². The molecule has 0 aliphatic carbocycles. The van der Waals surface area contributed by atoms with Gasteiger partial charge in [-0.15, -0.1) is 0 Å². The molecule has 2 aromatic rings. The van der Waals surface area contributed by atoms with Gasteiger partial charge in [0.15, 0.2) is 0 Å². The molecule has 1 heterocycles. The Labute approximate surface area is 123 Å².